The summed E-state index contributed by atoms with van der Waals surface area (Å²) in [4.78, 5) is 14.9. The number of ether oxygens (including phenoxy) is 10. The predicted octanol–water partition coefficient (Wildman–Crippen LogP) is -6.26. The number of carbonyl (C=O) groups excluding carboxylic acids is 1. The van der Waals surface area contributed by atoms with Crippen LogP contribution in [0.15, 0.2) is 12.2 Å². The Bertz CT molecular complexity index is 2040. The molecule has 5 aliphatic heterocycles. The molecule has 9 rings (SSSR count). The summed E-state index contributed by atoms with van der Waals surface area (Å²) in [6.07, 6.45) is -35.8. The van der Waals surface area contributed by atoms with E-state index in [-0.39, 0.29) is 18.3 Å². The van der Waals surface area contributed by atoms with E-state index in [4.69, 9.17) is 47.4 Å². The summed E-state index contributed by atoms with van der Waals surface area (Å²) in [5.41, 5.74) is -2.66. The van der Waals surface area contributed by atoms with Crippen LogP contribution in [-0.4, -0.2) is 274 Å². The molecule has 1 spiro atoms. The van der Waals surface area contributed by atoms with Crippen LogP contribution in [-0.2, 0) is 52.2 Å². The fourth-order valence-electron chi connectivity index (χ4n) is 14.9. The van der Waals surface area contributed by atoms with E-state index in [1.54, 1.807) is 6.92 Å². The van der Waals surface area contributed by atoms with E-state index in [2.05, 4.69) is 13.5 Å². The lowest BCUT2D eigenvalue weighted by Crippen LogP contribution is -2.67. The monoisotopic (exact) mass is 1110 g/mol. The SMILES string of the molecule is C=C1C[C@@]23CC[C@H]4[C@@](C)(CCC[C@@]4(C)C(=O)OC4OC(CO)C(O)C(O)C4OC4OC(CO)C(O)C(O)C4O)[C@@H]2CC[C@]1(OC1OC(CO)C(O)C(OC2OC(CO)C(O)CC2O)C1OC1OC(CO)C(O)C(O)C1O)C3. The molecular formula is C50H80O27. The lowest BCUT2D eigenvalue weighted by molar-refractivity contribution is -0.396. The number of aliphatic hydroxyl groups excluding tert-OH is 16. The van der Waals surface area contributed by atoms with Crippen LogP contribution in [0.3, 0.4) is 0 Å². The number of fused-ring (bicyclic) bond motifs is 3. The highest BCUT2D eigenvalue weighted by atomic mass is 16.8. The Morgan fingerprint density at radius 2 is 1.01 bits per heavy atom. The first kappa shape index (κ1) is 59.8. The predicted molar refractivity (Wildman–Crippen MR) is 250 cm³/mol. The number of carbonyl (C=O) groups is 1. The quantitative estimate of drug-likeness (QED) is 0.0412. The normalized spacial score (nSPS) is 54.1. The van der Waals surface area contributed by atoms with Gasteiger partial charge in [-0.2, -0.15) is 0 Å². The van der Waals surface area contributed by atoms with E-state index in [0.29, 0.717) is 63.4 Å². The van der Waals surface area contributed by atoms with Gasteiger partial charge in [0.1, 0.15) is 104 Å². The van der Waals surface area contributed by atoms with Crippen LogP contribution < -0.4 is 0 Å². The van der Waals surface area contributed by atoms with Gasteiger partial charge < -0.3 is 129 Å². The largest absolute Gasteiger partial charge is 0.432 e. The highest BCUT2D eigenvalue weighted by molar-refractivity contribution is 5.77. The molecule has 0 amide bonds. The third-order valence-corrected chi connectivity index (χ3v) is 19.1. The minimum absolute atomic E-state index is 0.0441. The third-order valence-electron chi connectivity index (χ3n) is 19.1. The summed E-state index contributed by atoms with van der Waals surface area (Å²) in [5.74, 6) is -1.08. The number of rotatable bonds is 15. The van der Waals surface area contributed by atoms with E-state index in [9.17, 15) is 86.5 Å². The van der Waals surface area contributed by atoms with Gasteiger partial charge in [-0.3, -0.25) is 4.79 Å². The molecule has 0 aromatic rings. The van der Waals surface area contributed by atoms with Gasteiger partial charge >= 0.3 is 5.97 Å². The van der Waals surface area contributed by atoms with Crippen LogP contribution in [0.5, 0.6) is 0 Å². The first-order chi connectivity index (χ1) is 36.4. The van der Waals surface area contributed by atoms with Crippen molar-refractivity contribution < 1.29 is 134 Å². The molecule has 27 nitrogen and oxygen atoms in total. The molecule has 9 aliphatic rings. The van der Waals surface area contributed by atoms with Gasteiger partial charge in [-0.05, 0) is 86.5 Å². The van der Waals surface area contributed by atoms with Crippen LogP contribution in [0.4, 0.5) is 0 Å². The fraction of sp³-hybridized carbons (Fsp3) is 0.940. The zero-order chi connectivity index (χ0) is 55.8. The molecule has 77 heavy (non-hydrogen) atoms. The van der Waals surface area contributed by atoms with E-state index in [1.165, 1.54) is 0 Å². The second-order valence-electron chi connectivity index (χ2n) is 23.5. The summed E-state index contributed by atoms with van der Waals surface area (Å²) in [6.45, 7) is 4.63. The Morgan fingerprint density at radius 1 is 0.519 bits per heavy atom. The molecule has 4 aliphatic carbocycles. The highest BCUT2D eigenvalue weighted by Gasteiger charge is 2.70. The summed E-state index contributed by atoms with van der Waals surface area (Å²) in [5, 5.41) is 170. The maximum Gasteiger partial charge on any atom is 0.314 e. The lowest BCUT2D eigenvalue weighted by Gasteiger charge is -2.64. The van der Waals surface area contributed by atoms with E-state index < -0.39 is 208 Å². The van der Waals surface area contributed by atoms with Crippen LogP contribution in [0.1, 0.15) is 78.1 Å². The number of hydrogen-bond donors (Lipinski definition) is 16. The summed E-state index contributed by atoms with van der Waals surface area (Å²) in [7, 11) is 0. The van der Waals surface area contributed by atoms with Crippen molar-refractivity contribution in [2.75, 3.05) is 33.0 Å². The molecular weight excluding hydrogens is 1030 g/mol. The van der Waals surface area contributed by atoms with Crippen LogP contribution in [0.25, 0.3) is 0 Å². The maximum absolute atomic E-state index is 14.9. The topological polar surface area (TPSA) is 433 Å². The van der Waals surface area contributed by atoms with Gasteiger partial charge in [-0.1, -0.05) is 19.9 Å². The number of esters is 1. The third kappa shape index (κ3) is 10.5. The summed E-state index contributed by atoms with van der Waals surface area (Å²) >= 11 is 0. The van der Waals surface area contributed by atoms with Crippen molar-refractivity contribution >= 4 is 5.97 Å². The molecule has 0 radical (unpaired) electrons. The molecule has 5 saturated heterocycles. The number of aliphatic hydroxyl groups is 16. The summed E-state index contributed by atoms with van der Waals surface area (Å²) in [6, 6.07) is 0. The molecule has 24 unspecified atom stereocenters. The van der Waals surface area contributed by atoms with E-state index in [1.807, 2.05) is 0 Å². The van der Waals surface area contributed by atoms with Crippen molar-refractivity contribution in [3.05, 3.63) is 12.2 Å². The van der Waals surface area contributed by atoms with Gasteiger partial charge in [-0.15, -0.1) is 0 Å². The second kappa shape index (κ2) is 23.1. The second-order valence-corrected chi connectivity index (χ2v) is 23.5. The minimum Gasteiger partial charge on any atom is -0.432 e. The molecule has 9 fully saturated rings. The Hall–Kier alpha value is -1.79. The Balaban J connectivity index is 0.964. The van der Waals surface area contributed by atoms with E-state index >= 15 is 0 Å². The minimum atomic E-state index is -1.95. The van der Waals surface area contributed by atoms with Gasteiger partial charge in [0.25, 0.3) is 0 Å². The number of hydrogen-bond acceptors (Lipinski definition) is 27. The lowest BCUT2D eigenvalue weighted by atomic mass is 9.41. The average molecular weight is 1110 g/mol. The van der Waals surface area contributed by atoms with Crippen molar-refractivity contribution in [1.82, 2.24) is 0 Å². The van der Waals surface area contributed by atoms with Crippen LogP contribution in [0.2, 0.25) is 0 Å². The van der Waals surface area contributed by atoms with E-state index in [0.717, 1.165) is 0 Å². The average Bonchev–Trinajstić information content (AvgIpc) is 3.85. The van der Waals surface area contributed by atoms with Crippen LogP contribution >= 0.6 is 0 Å². The van der Waals surface area contributed by atoms with Crippen LogP contribution in [0, 0.1) is 28.1 Å². The zero-order valence-corrected chi connectivity index (χ0v) is 43.0. The summed E-state index contributed by atoms with van der Waals surface area (Å²) < 4.78 is 60.6. The van der Waals surface area contributed by atoms with Crippen molar-refractivity contribution in [3.63, 3.8) is 0 Å². The highest BCUT2D eigenvalue weighted by Crippen LogP contribution is 2.74. The fourth-order valence-corrected chi connectivity index (χ4v) is 14.9. The molecule has 16 N–H and O–H groups in total. The molecule has 442 valence electrons. The maximum atomic E-state index is 14.9. The standard InChI is InChI=1S/C50H80O27/c1-19-12-49-9-5-27-47(2,7-4-8-48(27,3)46(67)76-44-39(35(64)31(60)25(16-54)71-44)74-42-36(65)33(62)29(58)23(14-52)69-42)28(49)6-10-50(19,18-49)77-45-40(75-43-37(66)34(63)30(59)24(15-53)70-43)38(32(61)26(17-55)72-45)73-41-21(57)11-20(56)22(13-51)68-41/h20-45,51-66H,1,4-18H2,2-3H3/t20?,21?,22?,23?,24?,25?,26?,27-,28-,29?,30?,31?,32?,33?,34?,35?,36?,37?,38?,39?,40?,41?,42?,43?,44?,45?,47+,48+,49+,50-/m0/s1. The van der Waals surface area contributed by atoms with Gasteiger partial charge in [-0.25, -0.2) is 0 Å². The van der Waals surface area contributed by atoms with Crippen molar-refractivity contribution in [2.24, 2.45) is 28.1 Å². The molecule has 2 bridgehead atoms. The van der Waals surface area contributed by atoms with Crippen molar-refractivity contribution in [2.45, 2.75) is 231 Å². The molecule has 27 heteroatoms. The van der Waals surface area contributed by atoms with Crippen molar-refractivity contribution in [3.8, 4) is 0 Å². The Kier molecular flexibility index (Phi) is 17.9. The van der Waals surface area contributed by atoms with Gasteiger partial charge in [0.15, 0.2) is 31.3 Å². The Morgan fingerprint density at radius 3 is 1.60 bits per heavy atom. The smallest absolute Gasteiger partial charge is 0.314 e. The van der Waals surface area contributed by atoms with Gasteiger partial charge in [0.2, 0.25) is 6.29 Å². The molecule has 0 aromatic heterocycles. The first-order valence-electron chi connectivity index (χ1n) is 26.8. The first-order valence-corrected chi connectivity index (χ1v) is 26.8. The zero-order valence-electron chi connectivity index (χ0n) is 43.0. The molecule has 0 aromatic carbocycles. The van der Waals surface area contributed by atoms with Gasteiger partial charge in [0, 0.05) is 6.42 Å². The molecule has 30 atom stereocenters. The molecule has 5 heterocycles. The molecule has 4 saturated carbocycles. The van der Waals surface area contributed by atoms with Crippen molar-refractivity contribution in [1.29, 1.82) is 0 Å². The van der Waals surface area contributed by atoms with Gasteiger partial charge in [0.05, 0.1) is 50.2 Å². The Labute approximate surface area is 443 Å².